The van der Waals surface area contributed by atoms with E-state index in [-0.39, 0.29) is 34.2 Å². The van der Waals surface area contributed by atoms with Gasteiger partial charge < -0.3 is 20.5 Å². The molecule has 3 rings (SSSR count). The molecule has 1 aromatic carbocycles. The summed E-state index contributed by atoms with van der Waals surface area (Å²) in [4.78, 5) is 28.3. The summed E-state index contributed by atoms with van der Waals surface area (Å²) in [6, 6.07) is 5.27. The van der Waals surface area contributed by atoms with E-state index in [2.05, 4.69) is 15.0 Å². The molecule has 32 heavy (non-hydrogen) atoms. The number of nitrogens with one attached hydrogen (secondary N) is 1. The zero-order chi connectivity index (χ0) is 23.8. The summed E-state index contributed by atoms with van der Waals surface area (Å²) in [7, 11) is 0. The Kier molecular flexibility index (Phi) is 6.45. The van der Waals surface area contributed by atoms with E-state index in [4.69, 9.17) is 10.5 Å². The van der Waals surface area contributed by atoms with E-state index in [0.717, 1.165) is 6.07 Å². The molecule has 0 unspecified atom stereocenters. The first-order chi connectivity index (χ1) is 14.9. The standard InChI is InChI=1S/C22H24F3N3O4/c1-10-14(23)6-5-13(17(10)31-21(24)25)16-11(2)22(3,4)32-18(16)20(30)28-12-7-8-27-15(9-12)19(26)29/h5-9,11,16,18,21H,1-4H3,(H2,26,29)(H,27,28,30)/t11-,16-,18-/m0/s1. The number of benzene rings is 1. The summed E-state index contributed by atoms with van der Waals surface area (Å²) in [6.07, 6.45) is 0.211. The van der Waals surface area contributed by atoms with Crippen LogP contribution in [-0.4, -0.2) is 35.1 Å². The smallest absolute Gasteiger partial charge is 0.387 e. The molecule has 0 aliphatic carbocycles. The maximum Gasteiger partial charge on any atom is 0.387 e. The number of hydrogen-bond donors (Lipinski definition) is 2. The molecule has 3 atom stereocenters. The first-order valence-corrected chi connectivity index (χ1v) is 9.90. The molecular formula is C22H24F3N3O4. The van der Waals surface area contributed by atoms with Crippen LogP contribution in [0.25, 0.3) is 0 Å². The van der Waals surface area contributed by atoms with Crippen LogP contribution in [0.5, 0.6) is 5.75 Å². The van der Waals surface area contributed by atoms with Crippen LogP contribution in [0.1, 0.15) is 48.3 Å². The third-order valence-corrected chi connectivity index (χ3v) is 5.87. The van der Waals surface area contributed by atoms with Crippen molar-refractivity contribution in [3.63, 3.8) is 0 Å². The van der Waals surface area contributed by atoms with Crippen molar-refractivity contribution < 1.29 is 32.2 Å². The van der Waals surface area contributed by atoms with Gasteiger partial charge in [0.25, 0.3) is 11.8 Å². The number of amides is 2. The maximum absolute atomic E-state index is 14.1. The Labute approximate surface area is 183 Å². The number of nitrogens with zero attached hydrogens (tertiary/aromatic N) is 1. The molecule has 1 aliphatic rings. The lowest BCUT2D eigenvalue weighted by Crippen LogP contribution is -2.33. The second kappa shape index (κ2) is 8.78. The van der Waals surface area contributed by atoms with E-state index in [1.807, 2.05) is 6.92 Å². The first kappa shape index (κ1) is 23.5. The third kappa shape index (κ3) is 4.55. The van der Waals surface area contributed by atoms with Gasteiger partial charge >= 0.3 is 6.61 Å². The highest BCUT2D eigenvalue weighted by Crippen LogP contribution is 2.49. The number of hydrogen-bond acceptors (Lipinski definition) is 5. The zero-order valence-corrected chi connectivity index (χ0v) is 18.0. The van der Waals surface area contributed by atoms with Crippen molar-refractivity contribution in [1.29, 1.82) is 0 Å². The van der Waals surface area contributed by atoms with Crippen molar-refractivity contribution >= 4 is 17.5 Å². The molecule has 0 saturated carbocycles. The van der Waals surface area contributed by atoms with Gasteiger partial charge in [-0.15, -0.1) is 0 Å². The predicted octanol–water partition coefficient (Wildman–Crippen LogP) is 3.77. The van der Waals surface area contributed by atoms with Crippen molar-refractivity contribution in [1.82, 2.24) is 4.98 Å². The molecule has 1 aromatic heterocycles. The van der Waals surface area contributed by atoms with Crippen molar-refractivity contribution in [2.24, 2.45) is 11.7 Å². The summed E-state index contributed by atoms with van der Waals surface area (Å²) in [6.45, 7) is 3.54. The van der Waals surface area contributed by atoms with Gasteiger partial charge in [-0.1, -0.05) is 13.0 Å². The summed E-state index contributed by atoms with van der Waals surface area (Å²) < 4.78 is 51.0. The SMILES string of the molecule is Cc1c(F)ccc([C@H]2[C@@H](C(=O)Nc3ccnc(C(N)=O)c3)OC(C)(C)[C@H]2C)c1OC(F)F. The number of pyridine rings is 1. The molecule has 0 spiro atoms. The van der Waals surface area contributed by atoms with Gasteiger partial charge in [-0.3, -0.25) is 14.6 Å². The van der Waals surface area contributed by atoms with Crippen LogP contribution < -0.4 is 15.8 Å². The number of carbonyl (C=O) groups is 2. The number of alkyl halides is 2. The van der Waals surface area contributed by atoms with E-state index in [0.29, 0.717) is 0 Å². The maximum atomic E-state index is 14.1. The number of rotatable bonds is 6. The Hall–Kier alpha value is -3.14. The number of halogens is 3. The van der Waals surface area contributed by atoms with Crippen LogP contribution in [0.4, 0.5) is 18.9 Å². The van der Waals surface area contributed by atoms with E-state index >= 15 is 0 Å². The normalized spacial score (nSPS) is 22.1. The zero-order valence-electron chi connectivity index (χ0n) is 18.0. The fourth-order valence-corrected chi connectivity index (χ4v) is 3.90. The highest BCUT2D eigenvalue weighted by molar-refractivity contribution is 5.97. The lowest BCUT2D eigenvalue weighted by atomic mass is 9.77. The molecule has 3 N–H and O–H groups in total. The molecule has 0 radical (unpaired) electrons. The fraction of sp³-hybridized carbons (Fsp3) is 0.409. The van der Waals surface area contributed by atoms with Gasteiger partial charge in [0.1, 0.15) is 23.4 Å². The van der Waals surface area contributed by atoms with E-state index in [1.165, 1.54) is 31.3 Å². The average molecular weight is 451 g/mol. The van der Waals surface area contributed by atoms with Gasteiger partial charge in [0.2, 0.25) is 0 Å². The number of nitrogens with two attached hydrogens (primary N) is 1. The lowest BCUT2D eigenvalue weighted by molar-refractivity contribution is -0.131. The second-order valence-electron chi connectivity index (χ2n) is 8.21. The van der Waals surface area contributed by atoms with Crippen LogP contribution in [0.3, 0.4) is 0 Å². The Balaban J connectivity index is 2.01. The predicted molar refractivity (Wildman–Crippen MR) is 110 cm³/mol. The number of ether oxygens (including phenoxy) is 2. The number of carbonyl (C=O) groups excluding carboxylic acids is 2. The molecule has 7 nitrogen and oxygen atoms in total. The van der Waals surface area contributed by atoms with Crippen molar-refractivity contribution in [3.8, 4) is 5.75 Å². The van der Waals surface area contributed by atoms with Crippen LogP contribution in [-0.2, 0) is 9.53 Å². The Morgan fingerprint density at radius 3 is 2.59 bits per heavy atom. The van der Waals surface area contributed by atoms with Crippen molar-refractivity contribution in [3.05, 3.63) is 53.1 Å². The molecule has 1 saturated heterocycles. The first-order valence-electron chi connectivity index (χ1n) is 9.90. The Morgan fingerprint density at radius 1 is 1.28 bits per heavy atom. The van der Waals surface area contributed by atoms with Gasteiger partial charge in [-0.2, -0.15) is 8.78 Å². The summed E-state index contributed by atoms with van der Waals surface area (Å²) in [5, 5.41) is 2.65. The van der Waals surface area contributed by atoms with Crippen LogP contribution >= 0.6 is 0 Å². The second-order valence-corrected chi connectivity index (χ2v) is 8.21. The third-order valence-electron chi connectivity index (χ3n) is 5.87. The van der Waals surface area contributed by atoms with Crippen LogP contribution in [0, 0.1) is 18.7 Å². The van der Waals surface area contributed by atoms with E-state index < -0.39 is 41.9 Å². The van der Waals surface area contributed by atoms with Crippen molar-refractivity contribution in [2.45, 2.75) is 51.9 Å². The van der Waals surface area contributed by atoms with Gasteiger partial charge in [-0.05, 0) is 44.9 Å². The van der Waals surface area contributed by atoms with Crippen molar-refractivity contribution in [2.75, 3.05) is 5.32 Å². The van der Waals surface area contributed by atoms with Gasteiger partial charge in [-0.25, -0.2) is 4.39 Å². The molecule has 1 aliphatic heterocycles. The molecule has 2 heterocycles. The summed E-state index contributed by atoms with van der Waals surface area (Å²) in [5.74, 6) is -3.37. The molecule has 2 aromatic rings. The fourth-order valence-electron chi connectivity index (χ4n) is 3.90. The molecule has 0 bridgehead atoms. The monoisotopic (exact) mass is 451 g/mol. The van der Waals surface area contributed by atoms with Gasteiger partial charge in [0.05, 0.1) is 5.60 Å². The Bertz CT molecular complexity index is 1050. The Morgan fingerprint density at radius 2 is 1.97 bits per heavy atom. The van der Waals surface area contributed by atoms with E-state index in [1.54, 1.807) is 13.8 Å². The molecule has 10 heteroatoms. The topological polar surface area (TPSA) is 104 Å². The lowest BCUT2D eigenvalue weighted by Gasteiger charge is -2.26. The van der Waals surface area contributed by atoms with Gasteiger partial charge in [0, 0.05) is 28.9 Å². The minimum Gasteiger partial charge on any atom is -0.434 e. The van der Waals surface area contributed by atoms with Crippen LogP contribution in [0.2, 0.25) is 0 Å². The minimum atomic E-state index is -3.17. The van der Waals surface area contributed by atoms with E-state index in [9.17, 15) is 22.8 Å². The quantitative estimate of drug-likeness (QED) is 0.696. The highest BCUT2D eigenvalue weighted by Gasteiger charge is 2.51. The van der Waals surface area contributed by atoms with Crippen LogP contribution in [0.15, 0.2) is 30.5 Å². The minimum absolute atomic E-state index is 0.0397. The molecule has 172 valence electrons. The largest absolute Gasteiger partial charge is 0.434 e. The summed E-state index contributed by atoms with van der Waals surface area (Å²) in [5.41, 5.74) is 4.81. The summed E-state index contributed by atoms with van der Waals surface area (Å²) >= 11 is 0. The molecule has 1 fully saturated rings. The highest BCUT2D eigenvalue weighted by atomic mass is 19.3. The number of anilines is 1. The number of primary amides is 1. The average Bonchev–Trinajstić information content (AvgIpc) is 2.95. The van der Waals surface area contributed by atoms with Gasteiger partial charge in [0.15, 0.2) is 0 Å². The number of aromatic nitrogens is 1. The molecule has 2 amide bonds. The molecular weight excluding hydrogens is 427 g/mol.